The third kappa shape index (κ3) is 2.81. The van der Waals surface area contributed by atoms with Crippen molar-refractivity contribution in [3.63, 3.8) is 0 Å². The lowest BCUT2D eigenvalue weighted by atomic mass is 10.2. The van der Waals surface area contributed by atoms with Crippen molar-refractivity contribution in [2.45, 2.75) is 25.9 Å². The van der Waals surface area contributed by atoms with Crippen LogP contribution in [-0.4, -0.2) is 16.0 Å². The lowest BCUT2D eigenvalue weighted by molar-refractivity contribution is 0.518. The normalized spacial score (nSPS) is 12.7. The van der Waals surface area contributed by atoms with Gasteiger partial charge < -0.3 is 15.5 Å². The second-order valence-electron chi connectivity index (χ2n) is 4.76. The highest BCUT2D eigenvalue weighted by molar-refractivity contribution is 7.19. The molecular formula is C14H16N4OS. The van der Waals surface area contributed by atoms with Crippen molar-refractivity contribution in [3.8, 4) is 0 Å². The zero-order chi connectivity index (χ0) is 13.9. The molecule has 3 aromatic heterocycles. The Morgan fingerprint density at radius 1 is 1.45 bits per heavy atom. The van der Waals surface area contributed by atoms with E-state index in [0.717, 1.165) is 28.2 Å². The third-order valence-electron chi connectivity index (χ3n) is 2.90. The van der Waals surface area contributed by atoms with Gasteiger partial charge in [-0.2, -0.15) is 0 Å². The largest absolute Gasteiger partial charge is 0.467 e. The third-order valence-corrected chi connectivity index (χ3v) is 4.05. The molecule has 0 amide bonds. The van der Waals surface area contributed by atoms with E-state index in [2.05, 4.69) is 21.4 Å². The molecule has 0 saturated heterocycles. The number of hydrogen-bond acceptors (Lipinski definition) is 6. The van der Waals surface area contributed by atoms with Gasteiger partial charge in [-0.1, -0.05) is 0 Å². The van der Waals surface area contributed by atoms with Crippen LogP contribution in [0.1, 0.15) is 17.6 Å². The number of hydrogen-bond donors (Lipinski definition) is 2. The Morgan fingerprint density at radius 2 is 2.35 bits per heavy atom. The van der Waals surface area contributed by atoms with Crippen LogP contribution in [-0.2, 0) is 13.0 Å². The molecule has 5 nitrogen and oxygen atoms in total. The summed E-state index contributed by atoms with van der Waals surface area (Å²) in [6.45, 7) is 2.62. The Hall–Kier alpha value is -1.92. The van der Waals surface area contributed by atoms with Crippen molar-refractivity contribution < 1.29 is 4.42 Å². The summed E-state index contributed by atoms with van der Waals surface area (Å²) < 4.78 is 6.37. The Balaban J connectivity index is 1.84. The van der Waals surface area contributed by atoms with E-state index in [4.69, 9.17) is 10.2 Å². The molecule has 1 atom stereocenters. The summed E-state index contributed by atoms with van der Waals surface area (Å²) >= 11 is 1.69. The van der Waals surface area contributed by atoms with Gasteiger partial charge in [-0.05, 0) is 31.5 Å². The summed E-state index contributed by atoms with van der Waals surface area (Å²) in [6.07, 6.45) is 4.10. The molecule has 1 unspecified atom stereocenters. The zero-order valence-corrected chi connectivity index (χ0v) is 12.0. The van der Waals surface area contributed by atoms with Gasteiger partial charge in [0, 0.05) is 10.9 Å². The van der Waals surface area contributed by atoms with Crippen LogP contribution >= 0.6 is 11.3 Å². The molecule has 0 aromatic carbocycles. The first-order chi connectivity index (χ1) is 9.72. The van der Waals surface area contributed by atoms with Crippen molar-refractivity contribution in [3.05, 3.63) is 41.4 Å². The predicted octanol–water partition coefficient (Wildman–Crippen LogP) is 2.79. The van der Waals surface area contributed by atoms with Gasteiger partial charge in [0.05, 0.1) is 23.0 Å². The maximum Gasteiger partial charge on any atom is 0.147 e. The van der Waals surface area contributed by atoms with Gasteiger partial charge in [0.2, 0.25) is 0 Å². The van der Waals surface area contributed by atoms with E-state index >= 15 is 0 Å². The smallest absolute Gasteiger partial charge is 0.147 e. The van der Waals surface area contributed by atoms with Gasteiger partial charge in [0.15, 0.2) is 0 Å². The minimum atomic E-state index is 0.149. The van der Waals surface area contributed by atoms with Gasteiger partial charge >= 0.3 is 0 Å². The number of nitrogens with one attached hydrogen (secondary N) is 1. The molecular weight excluding hydrogens is 272 g/mol. The van der Waals surface area contributed by atoms with E-state index in [0.29, 0.717) is 6.54 Å². The van der Waals surface area contributed by atoms with Gasteiger partial charge in [0.1, 0.15) is 17.9 Å². The van der Waals surface area contributed by atoms with Crippen molar-refractivity contribution in [2.24, 2.45) is 5.73 Å². The predicted molar refractivity (Wildman–Crippen MR) is 80.8 cm³/mol. The van der Waals surface area contributed by atoms with Crippen LogP contribution in [0.25, 0.3) is 10.2 Å². The average molecular weight is 288 g/mol. The van der Waals surface area contributed by atoms with Crippen LogP contribution in [0.3, 0.4) is 0 Å². The molecule has 3 aromatic rings. The number of thiophene rings is 1. The van der Waals surface area contributed by atoms with Crippen LogP contribution < -0.4 is 11.1 Å². The second-order valence-corrected chi connectivity index (χ2v) is 5.90. The fourth-order valence-corrected chi connectivity index (χ4v) is 3.25. The molecule has 0 radical (unpaired) electrons. The standard InChI is InChI=1S/C14H16N4OS/c1-9(15)5-11-6-12-13(20-11)14(18-8-17-12)16-7-10-3-2-4-19-10/h2-4,6,8-9H,5,7,15H2,1H3,(H,16,17,18). The minimum Gasteiger partial charge on any atom is -0.467 e. The maximum atomic E-state index is 5.85. The quantitative estimate of drug-likeness (QED) is 0.755. The molecule has 0 fully saturated rings. The first-order valence-corrected chi connectivity index (χ1v) is 7.29. The molecule has 20 heavy (non-hydrogen) atoms. The lowest BCUT2D eigenvalue weighted by Crippen LogP contribution is -2.16. The summed E-state index contributed by atoms with van der Waals surface area (Å²) in [5.74, 6) is 1.72. The molecule has 0 spiro atoms. The Kier molecular flexibility index (Phi) is 3.66. The monoisotopic (exact) mass is 288 g/mol. The number of anilines is 1. The molecule has 0 aliphatic rings. The molecule has 0 saturated carbocycles. The van der Waals surface area contributed by atoms with E-state index < -0.39 is 0 Å². The number of furan rings is 1. The topological polar surface area (TPSA) is 77.0 Å². The van der Waals surface area contributed by atoms with Crippen molar-refractivity contribution in [1.29, 1.82) is 0 Å². The molecule has 3 rings (SSSR count). The van der Waals surface area contributed by atoms with E-state index in [9.17, 15) is 0 Å². The summed E-state index contributed by atoms with van der Waals surface area (Å²) in [5, 5.41) is 3.29. The van der Waals surface area contributed by atoms with E-state index in [1.165, 1.54) is 4.88 Å². The van der Waals surface area contributed by atoms with Crippen molar-refractivity contribution in [2.75, 3.05) is 5.32 Å². The van der Waals surface area contributed by atoms with Crippen LogP contribution in [0.5, 0.6) is 0 Å². The molecule has 6 heteroatoms. The molecule has 3 N–H and O–H groups in total. The van der Waals surface area contributed by atoms with E-state index in [1.54, 1.807) is 23.9 Å². The van der Waals surface area contributed by atoms with Gasteiger partial charge in [-0.15, -0.1) is 11.3 Å². The molecule has 0 bridgehead atoms. The first-order valence-electron chi connectivity index (χ1n) is 6.47. The van der Waals surface area contributed by atoms with Crippen LogP contribution in [0.4, 0.5) is 5.82 Å². The zero-order valence-electron chi connectivity index (χ0n) is 11.2. The summed E-state index contributed by atoms with van der Waals surface area (Å²) in [6, 6.07) is 6.04. The summed E-state index contributed by atoms with van der Waals surface area (Å²) in [4.78, 5) is 9.86. The van der Waals surface area contributed by atoms with Crippen LogP contribution in [0, 0.1) is 0 Å². The molecule has 3 heterocycles. The Bertz CT molecular complexity index is 690. The Labute approximate surface area is 120 Å². The molecule has 104 valence electrons. The molecule has 0 aliphatic carbocycles. The fourth-order valence-electron chi connectivity index (χ4n) is 2.03. The number of aromatic nitrogens is 2. The van der Waals surface area contributed by atoms with Crippen molar-refractivity contribution >= 4 is 27.4 Å². The van der Waals surface area contributed by atoms with E-state index in [-0.39, 0.29) is 6.04 Å². The molecule has 0 aliphatic heterocycles. The average Bonchev–Trinajstić information content (AvgIpc) is 3.03. The lowest BCUT2D eigenvalue weighted by Gasteiger charge is -2.03. The highest BCUT2D eigenvalue weighted by atomic mass is 32.1. The Morgan fingerprint density at radius 3 is 3.10 bits per heavy atom. The summed E-state index contributed by atoms with van der Waals surface area (Å²) in [7, 11) is 0. The van der Waals surface area contributed by atoms with Crippen LogP contribution in [0.2, 0.25) is 0 Å². The summed E-state index contributed by atoms with van der Waals surface area (Å²) in [5.41, 5.74) is 6.81. The first kappa shape index (κ1) is 13.1. The van der Waals surface area contributed by atoms with E-state index in [1.807, 2.05) is 19.1 Å². The number of nitrogens with two attached hydrogens (primary N) is 1. The highest BCUT2D eigenvalue weighted by Crippen LogP contribution is 2.29. The second kappa shape index (κ2) is 5.60. The van der Waals surface area contributed by atoms with Gasteiger partial charge in [0.25, 0.3) is 0 Å². The number of fused-ring (bicyclic) bond motifs is 1. The maximum absolute atomic E-state index is 5.85. The van der Waals surface area contributed by atoms with Crippen LogP contribution in [0.15, 0.2) is 35.2 Å². The highest BCUT2D eigenvalue weighted by Gasteiger charge is 2.10. The number of rotatable bonds is 5. The van der Waals surface area contributed by atoms with Gasteiger partial charge in [-0.25, -0.2) is 9.97 Å². The number of nitrogens with zero attached hydrogens (tertiary/aromatic N) is 2. The fraction of sp³-hybridized carbons (Fsp3) is 0.286. The van der Waals surface area contributed by atoms with Gasteiger partial charge in [-0.3, -0.25) is 0 Å². The minimum absolute atomic E-state index is 0.149. The van der Waals surface area contributed by atoms with Crippen molar-refractivity contribution in [1.82, 2.24) is 9.97 Å². The SMILES string of the molecule is CC(N)Cc1cc2ncnc(NCc3ccco3)c2s1.